The van der Waals surface area contributed by atoms with Crippen LogP contribution in [0.1, 0.15) is 12.5 Å². The molecule has 140 valence electrons. The fourth-order valence-corrected chi connectivity index (χ4v) is 3.20. The first-order chi connectivity index (χ1) is 13.6. The lowest BCUT2D eigenvalue weighted by atomic mass is 10.1. The van der Waals surface area contributed by atoms with E-state index < -0.39 is 6.09 Å². The van der Waals surface area contributed by atoms with Crippen LogP contribution < -0.4 is 10.1 Å². The molecular weight excluding hydrogens is 354 g/mol. The summed E-state index contributed by atoms with van der Waals surface area (Å²) in [6, 6.07) is 15.2. The molecule has 28 heavy (non-hydrogen) atoms. The number of ether oxygens (including phenoxy) is 2. The van der Waals surface area contributed by atoms with Crippen molar-refractivity contribution >= 4 is 22.7 Å². The monoisotopic (exact) mass is 373 g/mol. The summed E-state index contributed by atoms with van der Waals surface area (Å²) in [4.78, 5) is 11.8. The molecule has 0 saturated carbocycles. The highest BCUT2D eigenvalue weighted by atomic mass is 16.5. The fourth-order valence-electron chi connectivity index (χ4n) is 3.20. The fraction of sp³-hybridized carbons (Fsp3) is 0.182. The Morgan fingerprint density at radius 2 is 2.11 bits per heavy atom. The lowest BCUT2D eigenvalue weighted by Crippen LogP contribution is -2.13. The quantitative estimate of drug-likeness (QED) is 0.673. The van der Waals surface area contributed by atoms with E-state index in [1.807, 2.05) is 37.3 Å². The molecule has 0 aliphatic carbocycles. The Bertz CT molecular complexity index is 1120. The molecule has 0 spiro atoms. The Morgan fingerprint density at radius 3 is 2.79 bits per heavy atom. The van der Waals surface area contributed by atoms with Crippen LogP contribution in [0.2, 0.25) is 0 Å². The van der Waals surface area contributed by atoms with Gasteiger partial charge in [0.2, 0.25) is 0 Å². The van der Waals surface area contributed by atoms with E-state index in [1.54, 1.807) is 19.2 Å². The van der Waals surface area contributed by atoms with Crippen LogP contribution in [0, 0.1) is 23.7 Å². The molecule has 6 heteroatoms. The van der Waals surface area contributed by atoms with Crippen molar-refractivity contribution in [1.82, 2.24) is 4.57 Å². The van der Waals surface area contributed by atoms with Gasteiger partial charge in [-0.1, -0.05) is 18.1 Å². The van der Waals surface area contributed by atoms with Crippen LogP contribution >= 0.6 is 0 Å². The van der Waals surface area contributed by atoms with Gasteiger partial charge >= 0.3 is 6.09 Å². The lowest BCUT2D eigenvalue weighted by Gasteiger charge is -2.11. The summed E-state index contributed by atoms with van der Waals surface area (Å²) in [6.07, 6.45) is 4.47. The highest BCUT2D eigenvalue weighted by Gasteiger charge is 2.19. The number of hydrogen-bond acceptors (Lipinski definition) is 4. The third-order valence-electron chi connectivity index (χ3n) is 4.37. The minimum atomic E-state index is -0.628. The number of benzene rings is 2. The van der Waals surface area contributed by atoms with E-state index in [4.69, 9.17) is 15.9 Å². The predicted molar refractivity (Wildman–Crippen MR) is 108 cm³/mol. The van der Waals surface area contributed by atoms with E-state index in [0.717, 1.165) is 27.9 Å². The molecule has 0 radical (unpaired) electrons. The molecule has 1 amide bonds. The van der Waals surface area contributed by atoms with E-state index in [0.29, 0.717) is 17.8 Å². The molecule has 0 fully saturated rings. The number of nitrogens with zero attached hydrogens (tertiary/aromatic N) is 2. The van der Waals surface area contributed by atoms with E-state index in [1.165, 1.54) is 0 Å². The topological polar surface area (TPSA) is 76.3 Å². The lowest BCUT2D eigenvalue weighted by molar-refractivity contribution is 0.176. The number of carbonyl (C=O) groups is 1. The zero-order chi connectivity index (χ0) is 20.1. The number of carbonyl (C=O) groups excluding carboxylic acids is 1. The van der Waals surface area contributed by atoms with Crippen molar-refractivity contribution in [3.05, 3.63) is 48.0 Å². The van der Waals surface area contributed by atoms with Crippen LogP contribution in [0.15, 0.2) is 42.5 Å². The van der Waals surface area contributed by atoms with Gasteiger partial charge in [0.25, 0.3) is 0 Å². The summed E-state index contributed by atoms with van der Waals surface area (Å²) < 4.78 is 12.2. The number of fused-ring (bicyclic) bond motifs is 1. The van der Waals surface area contributed by atoms with Crippen molar-refractivity contribution in [3.8, 4) is 35.4 Å². The van der Waals surface area contributed by atoms with Gasteiger partial charge in [-0.05, 0) is 31.2 Å². The Labute approximate surface area is 163 Å². The molecule has 0 aliphatic rings. The first-order valence-corrected chi connectivity index (χ1v) is 8.71. The number of aryl methyl sites for hydroxylation is 1. The van der Waals surface area contributed by atoms with Gasteiger partial charge in [0.05, 0.1) is 23.9 Å². The molecule has 0 saturated heterocycles. The molecule has 1 N–H and O–H groups in total. The van der Waals surface area contributed by atoms with Crippen molar-refractivity contribution in [2.75, 3.05) is 19.0 Å². The van der Waals surface area contributed by atoms with Crippen molar-refractivity contribution in [2.45, 2.75) is 13.5 Å². The standard InChI is InChI=1S/C22H19N3O3/c1-4-11-28-22(26)24-16-8-6-7-15(12-16)21-19(14-23)18-10-9-17(27-3)13-20(18)25(21)5-2/h1,6-10,12-13H,5,11H2,2-3H3,(H,24,26). The maximum atomic E-state index is 11.8. The van der Waals surface area contributed by atoms with Crippen LogP contribution in [-0.4, -0.2) is 24.4 Å². The minimum Gasteiger partial charge on any atom is -0.497 e. The van der Waals surface area contributed by atoms with E-state index in [-0.39, 0.29) is 6.61 Å². The average molecular weight is 373 g/mol. The first-order valence-electron chi connectivity index (χ1n) is 8.71. The van der Waals surface area contributed by atoms with Crippen molar-refractivity contribution in [2.24, 2.45) is 0 Å². The van der Waals surface area contributed by atoms with Gasteiger partial charge in [-0.15, -0.1) is 6.42 Å². The molecule has 1 heterocycles. The summed E-state index contributed by atoms with van der Waals surface area (Å²) in [5.74, 6) is 2.97. The van der Waals surface area contributed by atoms with Crippen LogP contribution in [0.5, 0.6) is 5.75 Å². The van der Waals surface area contributed by atoms with Gasteiger partial charge in [-0.3, -0.25) is 5.32 Å². The summed E-state index contributed by atoms with van der Waals surface area (Å²) in [5.41, 5.74) is 3.64. The Kier molecular flexibility index (Phi) is 5.53. The number of anilines is 1. The Balaban J connectivity index is 2.11. The first kappa shape index (κ1) is 18.9. The Hall–Kier alpha value is -3.90. The van der Waals surface area contributed by atoms with Gasteiger partial charge in [-0.25, -0.2) is 4.79 Å². The summed E-state index contributed by atoms with van der Waals surface area (Å²) in [6.45, 7) is 2.58. The second-order valence-electron chi connectivity index (χ2n) is 5.95. The van der Waals surface area contributed by atoms with Crippen molar-refractivity contribution in [3.63, 3.8) is 0 Å². The number of rotatable bonds is 5. The maximum Gasteiger partial charge on any atom is 0.412 e. The predicted octanol–water partition coefficient (Wildman–Crippen LogP) is 4.39. The van der Waals surface area contributed by atoms with Crippen LogP contribution in [0.3, 0.4) is 0 Å². The number of amides is 1. The zero-order valence-corrected chi connectivity index (χ0v) is 15.7. The summed E-state index contributed by atoms with van der Waals surface area (Å²) in [7, 11) is 1.61. The number of nitrogens with one attached hydrogen (secondary N) is 1. The molecular formula is C22H19N3O3. The highest BCUT2D eigenvalue weighted by Crippen LogP contribution is 2.36. The Morgan fingerprint density at radius 1 is 1.29 bits per heavy atom. The minimum absolute atomic E-state index is 0.101. The number of nitriles is 1. The van der Waals surface area contributed by atoms with Gasteiger partial charge in [0.15, 0.2) is 6.61 Å². The molecule has 0 atom stereocenters. The zero-order valence-electron chi connectivity index (χ0n) is 15.7. The van der Waals surface area contributed by atoms with Crippen LogP contribution in [0.4, 0.5) is 10.5 Å². The molecule has 1 aromatic heterocycles. The van der Waals surface area contributed by atoms with Gasteiger partial charge in [0, 0.05) is 29.2 Å². The molecule has 0 unspecified atom stereocenters. The second-order valence-corrected chi connectivity index (χ2v) is 5.95. The van der Waals surface area contributed by atoms with E-state index in [2.05, 4.69) is 21.9 Å². The third kappa shape index (κ3) is 3.49. The van der Waals surface area contributed by atoms with Gasteiger partial charge in [-0.2, -0.15) is 5.26 Å². The molecule has 3 rings (SSSR count). The summed E-state index contributed by atoms with van der Waals surface area (Å²) >= 11 is 0. The third-order valence-corrected chi connectivity index (χ3v) is 4.37. The van der Waals surface area contributed by atoms with Crippen molar-refractivity contribution < 1.29 is 14.3 Å². The number of aromatic nitrogens is 1. The van der Waals surface area contributed by atoms with Gasteiger partial charge in [0.1, 0.15) is 11.8 Å². The largest absolute Gasteiger partial charge is 0.497 e. The number of hydrogen-bond donors (Lipinski definition) is 1. The average Bonchev–Trinajstić information content (AvgIpc) is 3.04. The molecule has 0 aliphatic heterocycles. The van der Waals surface area contributed by atoms with Crippen molar-refractivity contribution in [1.29, 1.82) is 5.26 Å². The van der Waals surface area contributed by atoms with E-state index in [9.17, 15) is 10.1 Å². The molecule has 2 aromatic carbocycles. The SMILES string of the molecule is C#CCOC(=O)Nc1cccc(-c2c(C#N)c3ccc(OC)cc3n2CC)c1. The molecule has 3 aromatic rings. The number of methoxy groups -OCH3 is 1. The summed E-state index contributed by atoms with van der Waals surface area (Å²) in [5, 5.41) is 13.3. The molecule has 0 bridgehead atoms. The normalized spacial score (nSPS) is 10.1. The number of terminal acetylenes is 1. The molecule has 6 nitrogen and oxygen atoms in total. The maximum absolute atomic E-state index is 11.8. The van der Waals surface area contributed by atoms with Crippen LogP contribution in [0.25, 0.3) is 22.2 Å². The smallest absolute Gasteiger partial charge is 0.412 e. The van der Waals surface area contributed by atoms with Gasteiger partial charge < -0.3 is 14.0 Å². The highest BCUT2D eigenvalue weighted by molar-refractivity contribution is 5.96. The van der Waals surface area contributed by atoms with Crippen LogP contribution in [-0.2, 0) is 11.3 Å². The second kappa shape index (κ2) is 8.20. The van der Waals surface area contributed by atoms with E-state index >= 15 is 0 Å².